The van der Waals surface area contributed by atoms with Crippen molar-refractivity contribution in [2.24, 2.45) is 0 Å². The van der Waals surface area contributed by atoms with Crippen molar-refractivity contribution in [3.05, 3.63) is 49.2 Å². The first-order valence-corrected chi connectivity index (χ1v) is 4.72. The number of rotatable bonds is 4. The maximum Gasteiger partial charge on any atom is 0.202 e. The van der Waals surface area contributed by atoms with Gasteiger partial charge in [0.05, 0.1) is 6.73 Å². The number of aliphatic hydroxyl groups is 1. The van der Waals surface area contributed by atoms with E-state index in [9.17, 15) is 0 Å². The number of aliphatic hydroxyl groups excluding tert-OH is 1. The third kappa shape index (κ3) is 2.26. The lowest BCUT2D eigenvalue weighted by Gasteiger charge is -2.07. The third-order valence-corrected chi connectivity index (χ3v) is 2.11. The molecule has 0 bridgehead atoms. The highest BCUT2D eigenvalue weighted by molar-refractivity contribution is 5.88. The van der Waals surface area contributed by atoms with E-state index in [0.29, 0.717) is 0 Å². The molecule has 3 heteroatoms. The molecule has 15 heavy (non-hydrogen) atoms. The summed E-state index contributed by atoms with van der Waals surface area (Å²) in [5.74, 6) is 0.772. The van der Waals surface area contributed by atoms with Crippen molar-refractivity contribution >= 4 is 10.8 Å². The summed E-state index contributed by atoms with van der Waals surface area (Å²) in [6.07, 6.45) is 0. The standard InChI is InChI=1S/C12H12NO2/c14-8-13-9-15-12-7-3-5-10-4-1-2-6-11(10)12/h1-7,9,13-14H,8H2. The molecular weight excluding hydrogens is 190 g/mol. The number of hydrogen-bond acceptors (Lipinski definition) is 3. The molecule has 0 amide bonds. The van der Waals surface area contributed by atoms with Gasteiger partial charge in [-0.15, -0.1) is 0 Å². The lowest BCUT2D eigenvalue weighted by molar-refractivity contribution is 0.238. The van der Waals surface area contributed by atoms with Gasteiger partial charge in [-0.1, -0.05) is 36.4 Å². The SMILES string of the molecule is OCN[CH]Oc1cccc2ccccc12. The Kier molecular flexibility index (Phi) is 3.17. The maximum absolute atomic E-state index is 8.54. The van der Waals surface area contributed by atoms with E-state index in [1.54, 1.807) is 0 Å². The highest BCUT2D eigenvalue weighted by Gasteiger charge is 2.00. The number of benzene rings is 2. The van der Waals surface area contributed by atoms with E-state index >= 15 is 0 Å². The Morgan fingerprint density at radius 3 is 2.80 bits per heavy atom. The molecule has 2 rings (SSSR count). The second-order valence-electron chi connectivity index (χ2n) is 3.08. The van der Waals surface area contributed by atoms with E-state index in [0.717, 1.165) is 16.5 Å². The predicted octanol–water partition coefficient (Wildman–Crippen LogP) is 1.88. The van der Waals surface area contributed by atoms with Crippen LogP contribution < -0.4 is 10.1 Å². The second-order valence-corrected chi connectivity index (χ2v) is 3.08. The fourth-order valence-corrected chi connectivity index (χ4v) is 1.44. The van der Waals surface area contributed by atoms with Gasteiger partial charge >= 0.3 is 0 Å². The minimum atomic E-state index is -0.134. The van der Waals surface area contributed by atoms with Crippen LogP contribution in [0.1, 0.15) is 0 Å². The summed E-state index contributed by atoms with van der Waals surface area (Å²) in [5.41, 5.74) is 0. The van der Waals surface area contributed by atoms with E-state index in [-0.39, 0.29) is 6.73 Å². The van der Waals surface area contributed by atoms with Crippen LogP contribution in [0, 0.1) is 6.73 Å². The van der Waals surface area contributed by atoms with Crippen LogP contribution in [0.5, 0.6) is 5.75 Å². The summed E-state index contributed by atoms with van der Waals surface area (Å²) >= 11 is 0. The fraction of sp³-hybridized carbons (Fsp3) is 0.0833. The molecule has 0 fully saturated rings. The van der Waals surface area contributed by atoms with Gasteiger partial charge in [0.1, 0.15) is 5.75 Å². The first-order chi connectivity index (χ1) is 7.42. The summed E-state index contributed by atoms with van der Waals surface area (Å²) in [6, 6.07) is 13.8. The number of nitrogens with one attached hydrogen (secondary N) is 1. The Labute approximate surface area is 88.3 Å². The van der Waals surface area contributed by atoms with E-state index < -0.39 is 0 Å². The van der Waals surface area contributed by atoms with Gasteiger partial charge in [0, 0.05) is 5.39 Å². The van der Waals surface area contributed by atoms with Crippen LogP contribution in [0.2, 0.25) is 0 Å². The van der Waals surface area contributed by atoms with Crippen LogP contribution in [0.25, 0.3) is 10.8 Å². The van der Waals surface area contributed by atoms with Crippen molar-refractivity contribution in [1.82, 2.24) is 5.32 Å². The largest absolute Gasteiger partial charge is 0.469 e. The first kappa shape index (κ1) is 9.96. The predicted molar refractivity (Wildman–Crippen MR) is 59.1 cm³/mol. The van der Waals surface area contributed by atoms with Gasteiger partial charge < -0.3 is 9.84 Å². The van der Waals surface area contributed by atoms with Crippen molar-refractivity contribution in [3.63, 3.8) is 0 Å². The minimum Gasteiger partial charge on any atom is -0.469 e. The van der Waals surface area contributed by atoms with Crippen LogP contribution in [0.3, 0.4) is 0 Å². The molecule has 0 spiro atoms. The molecule has 1 radical (unpaired) electrons. The molecule has 2 aromatic rings. The minimum absolute atomic E-state index is 0.134. The van der Waals surface area contributed by atoms with Gasteiger partial charge in [-0.2, -0.15) is 0 Å². The van der Waals surface area contributed by atoms with Gasteiger partial charge in [0.25, 0.3) is 0 Å². The van der Waals surface area contributed by atoms with Crippen LogP contribution >= 0.6 is 0 Å². The van der Waals surface area contributed by atoms with E-state index in [4.69, 9.17) is 9.84 Å². The van der Waals surface area contributed by atoms with E-state index in [1.165, 1.54) is 6.73 Å². The second kappa shape index (κ2) is 4.77. The smallest absolute Gasteiger partial charge is 0.202 e. The van der Waals surface area contributed by atoms with Gasteiger partial charge in [-0.05, 0) is 11.5 Å². The van der Waals surface area contributed by atoms with Crippen LogP contribution in [-0.2, 0) is 0 Å². The van der Waals surface area contributed by atoms with Gasteiger partial charge in [-0.3, -0.25) is 5.32 Å². The maximum atomic E-state index is 8.54. The molecule has 0 atom stereocenters. The molecule has 0 unspecified atom stereocenters. The highest BCUT2D eigenvalue weighted by atomic mass is 16.5. The van der Waals surface area contributed by atoms with E-state index in [1.807, 2.05) is 42.5 Å². The molecule has 2 N–H and O–H groups in total. The van der Waals surface area contributed by atoms with Crippen molar-refractivity contribution in [1.29, 1.82) is 0 Å². The summed E-state index contributed by atoms with van der Waals surface area (Å²) in [5, 5.41) is 13.3. The molecule has 0 saturated heterocycles. The van der Waals surface area contributed by atoms with Gasteiger partial charge in [-0.25, -0.2) is 0 Å². The normalized spacial score (nSPS) is 10.5. The fourth-order valence-electron chi connectivity index (χ4n) is 1.44. The summed E-state index contributed by atoms with van der Waals surface area (Å²) in [6.45, 7) is 1.24. The van der Waals surface area contributed by atoms with Crippen molar-refractivity contribution in [2.75, 3.05) is 6.73 Å². The molecule has 0 heterocycles. The van der Waals surface area contributed by atoms with Gasteiger partial charge in [0.2, 0.25) is 6.73 Å². The Morgan fingerprint density at radius 2 is 1.93 bits per heavy atom. The molecule has 0 aliphatic carbocycles. The molecule has 2 aromatic carbocycles. The Bertz CT molecular complexity index is 437. The average Bonchev–Trinajstić information content (AvgIpc) is 2.30. The molecular formula is C12H12NO2. The number of hydrogen-bond donors (Lipinski definition) is 2. The zero-order valence-electron chi connectivity index (χ0n) is 8.18. The molecule has 3 nitrogen and oxygen atoms in total. The van der Waals surface area contributed by atoms with E-state index in [2.05, 4.69) is 5.32 Å². The molecule has 0 aromatic heterocycles. The Balaban J connectivity index is 2.26. The average molecular weight is 202 g/mol. The van der Waals surface area contributed by atoms with Crippen molar-refractivity contribution in [2.45, 2.75) is 0 Å². The third-order valence-electron chi connectivity index (χ3n) is 2.11. The quantitative estimate of drug-likeness (QED) is 0.587. The zero-order valence-corrected chi connectivity index (χ0v) is 8.18. The van der Waals surface area contributed by atoms with Gasteiger partial charge in [0.15, 0.2) is 0 Å². The van der Waals surface area contributed by atoms with Crippen molar-refractivity contribution in [3.8, 4) is 5.75 Å². The Hall–Kier alpha value is -1.58. The van der Waals surface area contributed by atoms with Crippen LogP contribution in [0.4, 0.5) is 0 Å². The first-order valence-electron chi connectivity index (χ1n) is 4.72. The molecule has 0 saturated carbocycles. The molecule has 0 aliphatic rings. The lowest BCUT2D eigenvalue weighted by Crippen LogP contribution is -2.14. The molecule has 77 valence electrons. The summed E-state index contributed by atoms with van der Waals surface area (Å²) in [4.78, 5) is 0. The Morgan fingerprint density at radius 1 is 1.13 bits per heavy atom. The van der Waals surface area contributed by atoms with Crippen LogP contribution in [-0.4, -0.2) is 11.8 Å². The zero-order chi connectivity index (χ0) is 10.5. The van der Waals surface area contributed by atoms with Crippen LogP contribution in [0.15, 0.2) is 42.5 Å². The topological polar surface area (TPSA) is 41.5 Å². The summed E-state index contributed by atoms with van der Waals surface area (Å²) < 4.78 is 5.36. The lowest BCUT2D eigenvalue weighted by atomic mass is 10.1. The highest BCUT2D eigenvalue weighted by Crippen LogP contribution is 2.25. The number of ether oxygens (including phenoxy) is 1. The monoisotopic (exact) mass is 202 g/mol. The summed E-state index contributed by atoms with van der Waals surface area (Å²) in [7, 11) is 0. The van der Waals surface area contributed by atoms with Crippen molar-refractivity contribution < 1.29 is 9.84 Å². The number of fused-ring (bicyclic) bond motifs is 1. The molecule has 0 aliphatic heterocycles.